The smallest absolute Gasteiger partial charge is 0.233 e. The molecule has 5 rings (SSSR count). The molecule has 0 spiro atoms. The van der Waals surface area contributed by atoms with E-state index in [0.29, 0.717) is 30.2 Å². The van der Waals surface area contributed by atoms with Crippen molar-refractivity contribution in [3.05, 3.63) is 76.1 Å². The number of hydrogen-bond donors (Lipinski definition) is 1. The van der Waals surface area contributed by atoms with Gasteiger partial charge in [0, 0.05) is 23.6 Å². The SMILES string of the molecule is COc1ccc([C@@H]2C3=C(C[C@@H](c4ccc(OC)c(OC)c4)CC3=O)Nc3onc(C)c32)cc1. The van der Waals surface area contributed by atoms with Crippen LogP contribution in [0.2, 0.25) is 0 Å². The molecule has 0 bridgehead atoms. The van der Waals surface area contributed by atoms with Crippen LogP contribution in [0.25, 0.3) is 0 Å². The second kappa shape index (κ2) is 8.31. The maximum absolute atomic E-state index is 13.6. The van der Waals surface area contributed by atoms with E-state index in [0.717, 1.165) is 39.4 Å². The zero-order valence-electron chi connectivity index (χ0n) is 19.1. The van der Waals surface area contributed by atoms with Gasteiger partial charge in [0.25, 0.3) is 0 Å². The number of hydrogen-bond acceptors (Lipinski definition) is 7. The number of methoxy groups -OCH3 is 3. The second-order valence-electron chi connectivity index (χ2n) is 8.38. The van der Waals surface area contributed by atoms with E-state index in [2.05, 4.69) is 10.5 Å². The number of allylic oxidation sites excluding steroid dienone is 2. The lowest BCUT2D eigenvalue weighted by molar-refractivity contribution is -0.116. The highest BCUT2D eigenvalue weighted by molar-refractivity contribution is 6.01. The van der Waals surface area contributed by atoms with Crippen molar-refractivity contribution in [2.45, 2.75) is 31.6 Å². The topological polar surface area (TPSA) is 82.8 Å². The molecule has 0 fully saturated rings. The van der Waals surface area contributed by atoms with E-state index in [1.165, 1.54) is 0 Å². The first-order valence-corrected chi connectivity index (χ1v) is 10.9. The van der Waals surface area contributed by atoms with Crippen LogP contribution in [0.3, 0.4) is 0 Å². The number of aryl methyl sites for hydroxylation is 1. The molecule has 0 saturated heterocycles. The van der Waals surface area contributed by atoms with Gasteiger partial charge in [0.2, 0.25) is 5.88 Å². The van der Waals surface area contributed by atoms with Crippen molar-refractivity contribution in [1.29, 1.82) is 0 Å². The minimum Gasteiger partial charge on any atom is -0.497 e. The summed E-state index contributed by atoms with van der Waals surface area (Å²) in [6.45, 7) is 1.91. The number of nitrogens with zero attached hydrogens (tertiary/aromatic N) is 1. The van der Waals surface area contributed by atoms with Crippen LogP contribution in [0.5, 0.6) is 17.2 Å². The number of ether oxygens (including phenoxy) is 3. The highest BCUT2D eigenvalue weighted by atomic mass is 16.5. The summed E-state index contributed by atoms with van der Waals surface area (Å²) in [7, 11) is 4.87. The number of carbonyl (C=O) groups is 1. The molecule has 2 atom stereocenters. The molecule has 170 valence electrons. The Morgan fingerprint density at radius 2 is 1.67 bits per heavy atom. The summed E-state index contributed by atoms with van der Waals surface area (Å²) in [5.41, 5.74) is 5.41. The maximum atomic E-state index is 13.6. The van der Waals surface area contributed by atoms with Crippen LogP contribution < -0.4 is 19.5 Å². The van der Waals surface area contributed by atoms with Gasteiger partial charge in [-0.1, -0.05) is 23.4 Å². The third kappa shape index (κ3) is 3.53. The quantitative estimate of drug-likeness (QED) is 0.593. The van der Waals surface area contributed by atoms with E-state index in [4.69, 9.17) is 18.7 Å². The number of ketones is 1. The van der Waals surface area contributed by atoms with E-state index in [9.17, 15) is 4.79 Å². The lowest BCUT2D eigenvalue weighted by Crippen LogP contribution is -2.29. The van der Waals surface area contributed by atoms with Gasteiger partial charge in [0.15, 0.2) is 17.3 Å². The van der Waals surface area contributed by atoms with Crippen molar-refractivity contribution >= 4 is 11.7 Å². The predicted octanol–water partition coefficient (Wildman–Crippen LogP) is 4.97. The Kier molecular flexibility index (Phi) is 5.32. The summed E-state index contributed by atoms with van der Waals surface area (Å²) in [6.07, 6.45) is 1.10. The molecule has 1 aliphatic heterocycles. The number of benzene rings is 2. The van der Waals surface area contributed by atoms with Crippen molar-refractivity contribution in [2.24, 2.45) is 0 Å². The van der Waals surface area contributed by atoms with Crippen LogP contribution in [-0.2, 0) is 4.79 Å². The maximum Gasteiger partial charge on any atom is 0.233 e. The summed E-state index contributed by atoms with van der Waals surface area (Å²) < 4.78 is 21.8. The first-order chi connectivity index (χ1) is 16.0. The number of carbonyl (C=O) groups excluding carboxylic acids is 1. The number of Topliss-reactive ketones (excluding diaryl/α,β-unsaturated/α-hetero) is 1. The van der Waals surface area contributed by atoms with E-state index >= 15 is 0 Å². The van der Waals surface area contributed by atoms with Crippen molar-refractivity contribution in [1.82, 2.24) is 5.16 Å². The zero-order chi connectivity index (χ0) is 23.1. The number of nitrogens with one attached hydrogen (secondary N) is 1. The molecule has 2 aromatic carbocycles. The van der Waals surface area contributed by atoms with Crippen LogP contribution in [0, 0.1) is 6.92 Å². The molecular formula is C26H26N2O5. The normalized spacial score (nSPS) is 19.5. The van der Waals surface area contributed by atoms with Crippen LogP contribution in [0.4, 0.5) is 5.88 Å². The molecule has 3 aromatic rings. The Morgan fingerprint density at radius 3 is 2.36 bits per heavy atom. The molecule has 1 N–H and O–H groups in total. The van der Waals surface area contributed by atoms with Gasteiger partial charge in [0.1, 0.15) is 5.75 Å². The van der Waals surface area contributed by atoms with Crippen molar-refractivity contribution in [3.8, 4) is 17.2 Å². The first kappa shape index (κ1) is 21.1. The van der Waals surface area contributed by atoms with Gasteiger partial charge in [-0.15, -0.1) is 0 Å². The molecule has 7 heteroatoms. The third-order valence-electron chi connectivity index (χ3n) is 6.59. The Labute approximate surface area is 192 Å². The fourth-order valence-corrected chi connectivity index (χ4v) is 4.94. The van der Waals surface area contributed by atoms with Gasteiger partial charge in [-0.05, 0) is 54.7 Å². The Balaban J connectivity index is 1.56. The minimum atomic E-state index is -0.229. The summed E-state index contributed by atoms with van der Waals surface area (Å²) >= 11 is 0. The van der Waals surface area contributed by atoms with Gasteiger partial charge in [-0.25, -0.2) is 0 Å². The second-order valence-corrected chi connectivity index (χ2v) is 8.38. The monoisotopic (exact) mass is 446 g/mol. The molecule has 1 aromatic heterocycles. The highest BCUT2D eigenvalue weighted by Crippen LogP contribution is 2.49. The molecular weight excluding hydrogens is 420 g/mol. The van der Waals surface area contributed by atoms with E-state index in [-0.39, 0.29) is 17.6 Å². The summed E-state index contributed by atoms with van der Waals surface area (Å²) in [6, 6.07) is 13.7. The third-order valence-corrected chi connectivity index (χ3v) is 6.59. The molecule has 0 unspecified atom stereocenters. The number of rotatable bonds is 5. The lowest BCUT2D eigenvalue weighted by atomic mass is 9.72. The molecule has 2 aliphatic rings. The van der Waals surface area contributed by atoms with Gasteiger partial charge >= 0.3 is 0 Å². The largest absolute Gasteiger partial charge is 0.497 e. The number of anilines is 1. The van der Waals surface area contributed by atoms with Crippen molar-refractivity contribution < 1.29 is 23.5 Å². The van der Waals surface area contributed by atoms with Crippen molar-refractivity contribution in [2.75, 3.05) is 26.6 Å². The van der Waals surface area contributed by atoms with Crippen molar-refractivity contribution in [3.63, 3.8) is 0 Å². The van der Waals surface area contributed by atoms with E-state index in [1.807, 2.05) is 49.4 Å². The number of fused-ring (bicyclic) bond motifs is 1. The molecule has 2 heterocycles. The van der Waals surface area contributed by atoms with E-state index < -0.39 is 0 Å². The fraction of sp³-hybridized carbons (Fsp3) is 0.308. The summed E-state index contributed by atoms with van der Waals surface area (Å²) in [5, 5.41) is 7.55. The standard InChI is InChI=1S/C26H26N2O5/c1-14-23-24(15-5-8-18(30-2)9-6-15)25-19(27-26(23)33-28-14)11-17(12-20(25)29)16-7-10-21(31-3)22(13-16)32-4/h5-10,13,17,24,27H,11-12H2,1-4H3/t17-,24+/m1/s1. The molecule has 0 amide bonds. The van der Waals surface area contributed by atoms with E-state index in [1.54, 1.807) is 21.3 Å². The minimum absolute atomic E-state index is 0.0191. The summed E-state index contributed by atoms with van der Waals surface area (Å²) in [4.78, 5) is 13.6. The van der Waals surface area contributed by atoms with Gasteiger partial charge in [0.05, 0.1) is 32.6 Å². The fourth-order valence-electron chi connectivity index (χ4n) is 4.94. The van der Waals surface area contributed by atoms with Crippen LogP contribution in [-0.4, -0.2) is 32.3 Å². The molecule has 0 saturated carbocycles. The van der Waals surface area contributed by atoms with Crippen LogP contribution in [0.15, 0.2) is 58.3 Å². The van der Waals surface area contributed by atoms with Crippen LogP contribution in [0.1, 0.15) is 47.1 Å². The van der Waals surface area contributed by atoms with Gasteiger partial charge in [-0.3, -0.25) is 4.79 Å². The van der Waals surface area contributed by atoms with Crippen LogP contribution >= 0.6 is 0 Å². The average Bonchev–Trinajstić information content (AvgIpc) is 3.22. The lowest BCUT2D eigenvalue weighted by Gasteiger charge is -2.34. The molecule has 7 nitrogen and oxygen atoms in total. The molecule has 1 aliphatic carbocycles. The predicted molar refractivity (Wildman–Crippen MR) is 123 cm³/mol. The number of aromatic nitrogens is 1. The zero-order valence-corrected chi connectivity index (χ0v) is 19.1. The Bertz CT molecular complexity index is 1240. The average molecular weight is 447 g/mol. The van der Waals surface area contributed by atoms with Gasteiger partial charge in [-0.2, -0.15) is 0 Å². The molecule has 33 heavy (non-hydrogen) atoms. The highest BCUT2D eigenvalue weighted by Gasteiger charge is 2.41. The summed E-state index contributed by atoms with van der Waals surface area (Å²) in [5.74, 6) is 2.61. The molecule has 0 radical (unpaired) electrons. The Morgan fingerprint density at radius 1 is 0.939 bits per heavy atom. The first-order valence-electron chi connectivity index (χ1n) is 10.9. The Hall–Kier alpha value is -3.74. The van der Waals surface area contributed by atoms with Gasteiger partial charge < -0.3 is 24.1 Å².